The topological polar surface area (TPSA) is 98.1 Å². The molecule has 0 aliphatic rings. The van der Waals surface area contributed by atoms with Gasteiger partial charge in [0, 0.05) is 30.7 Å². The summed E-state index contributed by atoms with van der Waals surface area (Å²) in [5.74, 6) is 0.821. The zero-order valence-electron chi connectivity index (χ0n) is 15.5. The number of rotatable bonds is 8. The van der Waals surface area contributed by atoms with Gasteiger partial charge in [0.1, 0.15) is 17.9 Å². The van der Waals surface area contributed by atoms with Crippen LogP contribution in [-0.2, 0) is 11.3 Å². The van der Waals surface area contributed by atoms with Crippen molar-refractivity contribution < 1.29 is 14.3 Å². The van der Waals surface area contributed by atoms with Gasteiger partial charge in [0.15, 0.2) is 0 Å². The first-order chi connectivity index (χ1) is 13.7. The summed E-state index contributed by atoms with van der Waals surface area (Å²) in [5, 5.41) is 5.38. The van der Waals surface area contributed by atoms with E-state index in [1.165, 1.54) is 0 Å². The standard InChI is InChI=1S/C20H21N5O3/c1-2-28-17-5-3-16(4-6-17)20(27)24-13-19(26)23-12-15-7-8-22-18(11-15)25-10-9-21-14-25/h3-11,14H,2,12-13H2,1H3,(H,23,26)(H,24,27). The van der Waals surface area contributed by atoms with E-state index >= 15 is 0 Å². The predicted octanol–water partition coefficient (Wildman–Crippen LogP) is 1.71. The lowest BCUT2D eigenvalue weighted by molar-refractivity contribution is -0.120. The van der Waals surface area contributed by atoms with Gasteiger partial charge in [-0.2, -0.15) is 0 Å². The number of nitrogens with zero attached hydrogens (tertiary/aromatic N) is 3. The quantitative estimate of drug-likeness (QED) is 0.621. The van der Waals surface area contributed by atoms with Crippen molar-refractivity contribution in [3.05, 3.63) is 72.4 Å². The first-order valence-electron chi connectivity index (χ1n) is 8.86. The number of imidazole rings is 1. The Morgan fingerprint density at radius 2 is 1.93 bits per heavy atom. The molecule has 3 rings (SSSR count). The SMILES string of the molecule is CCOc1ccc(C(=O)NCC(=O)NCc2ccnc(-n3ccnc3)c2)cc1. The van der Waals surface area contributed by atoms with Crippen LogP contribution in [0.4, 0.5) is 0 Å². The third-order valence-corrected chi connectivity index (χ3v) is 3.91. The Kier molecular flexibility index (Phi) is 6.35. The van der Waals surface area contributed by atoms with Gasteiger partial charge >= 0.3 is 0 Å². The summed E-state index contributed by atoms with van der Waals surface area (Å²) in [4.78, 5) is 32.4. The number of ether oxygens (including phenoxy) is 1. The summed E-state index contributed by atoms with van der Waals surface area (Å²) in [7, 11) is 0. The van der Waals surface area contributed by atoms with Crippen LogP contribution in [0, 0.1) is 0 Å². The Bertz CT molecular complexity index is 923. The highest BCUT2D eigenvalue weighted by atomic mass is 16.5. The summed E-state index contributed by atoms with van der Waals surface area (Å²) < 4.78 is 7.12. The number of hydrogen-bond acceptors (Lipinski definition) is 5. The van der Waals surface area contributed by atoms with Crippen LogP contribution in [0.15, 0.2) is 61.3 Å². The van der Waals surface area contributed by atoms with Gasteiger partial charge in [-0.25, -0.2) is 9.97 Å². The molecule has 144 valence electrons. The third-order valence-electron chi connectivity index (χ3n) is 3.91. The zero-order chi connectivity index (χ0) is 19.8. The molecule has 2 amide bonds. The molecule has 0 bridgehead atoms. The second-order valence-electron chi connectivity index (χ2n) is 5.91. The minimum Gasteiger partial charge on any atom is -0.494 e. The number of benzene rings is 1. The van der Waals surface area contributed by atoms with Crippen LogP contribution in [0.2, 0.25) is 0 Å². The van der Waals surface area contributed by atoms with E-state index in [-0.39, 0.29) is 18.4 Å². The van der Waals surface area contributed by atoms with E-state index in [4.69, 9.17) is 4.74 Å². The van der Waals surface area contributed by atoms with E-state index in [1.54, 1.807) is 53.8 Å². The largest absolute Gasteiger partial charge is 0.494 e. The Balaban J connectivity index is 1.47. The van der Waals surface area contributed by atoms with Crippen LogP contribution in [0.5, 0.6) is 5.75 Å². The number of carbonyl (C=O) groups is 2. The van der Waals surface area contributed by atoms with E-state index in [9.17, 15) is 9.59 Å². The molecule has 1 aromatic carbocycles. The Morgan fingerprint density at radius 1 is 1.11 bits per heavy atom. The molecule has 8 heteroatoms. The van der Waals surface area contributed by atoms with Gasteiger partial charge in [0.25, 0.3) is 5.91 Å². The summed E-state index contributed by atoms with van der Waals surface area (Å²) >= 11 is 0. The maximum Gasteiger partial charge on any atom is 0.251 e. The second kappa shape index (κ2) is 9.31. The molecule has 0 saturated carbocycles. The molecule has 2 heterocycles. The zero-order valence-corrected chi connectivity index (χ0v) is 15.5. The highest BCUT2D eigenvalue weighted by Gasteiger charge is 2.08. The van der Waals surface area contributed by atoms with Gasteiger partial charge in [0.2, 0.25) is 5.91 Å². The summed E-state index contributed by atoms with van der Waals surface area (Å²) in [6, 6.07) is 10.4. The normalized spacial score (nSPS) is 10.3. The number of carbonyl (C=O) groups excluding carboxylic acids is 2. The van der Waals surface area contributed by atoms with Crippen molar-refractivity contribution in [3.63, 3.8) is 0 Å². The minimum absolute atomic E-state index is 0.106. The molecule has 0 saturated heterocycles. The van der Waals surface area contributed by atoms with Gasteiger partial charge < -0.3 is 15.4 Å². The maximum atomic E-state index is 12.1. The second-order valence-corrected chi connectivity index (χ2v) is 5.91. The van der Waals surface area contributed by atoms with Crippen molar-refractivity contribution >= 4 is 11.8 Å². The fourth-order valence-electron chi connectivity index (χ4n) is 2.50. The van der Waals surface area contributed by atoms with E-state index in [0.29, 0.717) is 30.3 Å². The molecule has 0 aliphatic carbocycles. The molecule has 0 unspecified atom stereocenters. The first-order valence-corrected chi connectivity index (χ1v) is 8.86. The smallest absolute Gasteiger partial charge is 0.251 e. The molecule has 0 radical (unpaired) electrons. The van der Waals surface area contributed by atoms with Crippen LogP contribution in [0.1, 0.15) is 22.8 Å². The van der Waals surface area contributed by atoms with Crippen molar-refractivity contribution in [2.24, 2.45) is 0 Å². The number of hydrogen-bond donors (Lipinski definition) is 2. The molecule has 0 atom stereocenters. The molecule has 0 aliphatic heterocycles. The van der Waals surface area contributed by atoms with Gasteiger partial charge in [-0.3, -0.25) is 14.2 Å². The molecule has 0 fully saturated rings. The first kappa shape index (κ1) is 19.1. The van der Waals surface area contributed by atoms with Crippen molar-refractivity contribution in [2.45, 2.75) is 13.5 Å². The molecule has 2 N–H and O–H groups in total. The van der Waals surface area contributed by atoms with Crippen LogP contribution in [-0.4, -0.2) is 39.5 Å². The van der Waals surface area contributed by atoms with Crippen molar-refractivity contribution in [1.29, 1.82) is 0 Å². The fourth-order valence-corrected chi connectivity index (χ4v) is 2.50. The lowest BCUT2D eigenvalue weighted by atomic mass is 10.2. The molecule has 0 spiro atoms. The van der Waals surface area contributed by atoms with Crippen molar-refractivity contribution in [1.82, 2.24) is 25.2 Å². The lowest BCUT2D eigenvalue weighted by Crippen LogP contribution is -2.36. The van der Waals surface area contributed by atoms with Crippen molar-refractivity contribution in [3.8, 4) is 11.6 Å². The highest BCUT2D eigenvalue weighted by Crippen LogP contribution is 2.12. The van der Waals surface area contributed by atoms with Gasteiger partial charge in [0.05, 0.1) is 13.2 Å². The van der Waals surface area contributed by atoms with Crippen LogP contribution >= 0.6 is 0 Å². The van der Waals surface area contributed by atoms with Gasteiger partial charge in [-0.1, -0.05) is 0 Å². The summed E-state index contributed by atoms with van der Waals surface area (Å²) in [5.41, 5.74) is 1.36. The maximum absolute atomic E-state index is 12.1. The van der Waals surface area contributed by atoms with Gasteiger partial charge in [-0.05, 0) is 48.9 Å². The lowest BCUT2D eigenvalue weighted by Gasteiger charge is -2.09. The average Bonchev–Trinajstić information content (AvgIpc) is 3.26. The third kappa shape index (κ3) is 5.16. The Labute approximate surface area is 162 Å². The van der Waals surface area contributed by atoms with Crippen LogP contribution in [0.25, 0.3) is 5.82 Å². The number of pyridine rings is 1. The summed E-state index contributed by atoms with van der Waals surface area (Å²) in [6.45, 7) is 2.68. The van der Waals surface area contributed by atoms with E-state index < -0.39 is 0 Å². The predicted molar refractivity (Wildman–Crippen MR) is 103 cm³/mol. The van der Waals surface area contributed by atoms with Gasteiger partial charge in [-0.15, -0.1) is 0 Å². The molecule has 28 heavy (non-hydrogen) atoms. The van der Waals surface area contributed by atoms with Crippen LogP contribution in [0.3, 0.4) is 0 Å². The van der Waals surface area contributed by atoms with E-state index in [2.05, 4.69) is 20.6 Å². The average molecular weight is 379 g/mol. The molecule has 8 nitrogen and oxygen atoms in total. The van der Waals surface area contributed by atoms with E-state index in [0.717, 1.165) is 5.56 Å². The van der Waals surface area contributed by atoms with Crippen LogP contribution < -0.4 is 15.4 Å². The number of amides is 2. The van der Waals surface area contributed by atoms with Crippen molar-refractivity contribution in [2.75, 3.05) is 13.2 Å². The number of aromatic nitrogens is 3. The minimum atomic E-state index is -0.315. The molecule has 3 aromatic rings. The monoisotopic (exact) mass is 379 g/mol. The molecule has 2 aromatic heterocycles. The Morgan fingerprint density at radius 3 is 2.64 bits per heavy atom. The highest BCUT2D eigenvalue weighted by molar-refractivity contribution is 5.96. The van der Waals surface area contributed by atoms with E-state index in [1.807, 2.05) is 19.1 Å². The Hall–Kier alpha value is -3.68. The number of nitrogens with one attached hydrogen (secondary N) is 2. The molecular weight excluding hydrogens is 358 g/mol. The summed E-state index contributed by atoms with van der Waals surface area (Å²) in [6.07, 6.45) is 6.79. The molecular formula is C20H21N5O3. The fraction of sp³-hybridized carbons (Fsp3) is 0.200.